The average Bonchev–Trinajstić information content (AvgIpc) is 3.40. The van der Waals surface area contributed by atoms with Crippen LogP contribution in [0.15, 0.2) is 58.0 Å². The van der Waals surface area contributed by atoms with Gasteiger partial charge in [0.25, 0.3) is 0 Å². The van der Waals surface area contributed by atoms with Crippen LogP contribution in [0.25, 0.3) is 11.3 Å². The summed E-state index contributed by atoms with van der Waals surface area (Å²) in [5.74, 6) is 0.884. The van der Waals surface area contributed by atoms with Crippen molar-refractivity contribution in [3.63, 3.8) is 0 Å². The number of carbonyl (C=O) groups is 1. The number of aromatic nitrogens is 1. The summed E-state index contributed by atoms with van der Waals surface area (Å²) in [6.07, 6.45) is 3.57. The average molecular weight is 432 g/mol. The lowest BCUT2D eigenvalue weighted by Crippen LogP contribution is -2.17. The minimum Gasteiger partial charge on any atom is -0.440 e. The predicted octanol–water partition coefficient (Wildman–Crippen LogP) is 3.70. The fraction of sp³-hybridized carbons (Fsp3) is 0.200. The number of sulfonamides is 1. The number of nitrogens with zero attached hydrogens (tertiary/aromatic N) is 1. The zero-order chi connectivity index (χ0) is 20.6. The maximum Gasteiger partial charge on any atom is 0.238 e. The van der Waals surface area contributed by atoms with Crippen LogP contribution < -0.4 is 10.5 Å². The number of hydrogen-bond acceptors (Lipinski definition) is 5. The molecule has 2 aromatic carbocycles. The van der Waals surface area contributed by atoms with Gasteiger partial charge in [0.15, 0.2) is 11.7 Å². The van der Waals surface area contributed by atoms with E-state index in [1.54, 1.807) is 36.4 Å². The van der Waals surface area contributed by atoms with Crippen molar-refractivity contribution in [3.05, 3.63) is 65.1 Å². The Labute approximate surface area is 172 Å². The number of amides is 1. The van der Waals surface area contributed by atoms with Crippen LogP contribution in [0.4, 0.5) is 5.69 Å². The number of carbonyl (C=O) groups excluding carboxylic acids is 1. The lowest BCUT2D eigenvalue weighted by molar-refractivity contribution is -0.115. The van der Waals surface area contributed by atoms with E-state index in [0.29, 0.717) is 39.4 Å². The molecular weight excluding hydrogens is 414 g/mol. The lowest BCUT2D eigenvalue weighted by atomic mass is 10.1. The van der Waals surface area contributed by atoms with Gasteiger partial charge in [-0.15, -0.1) is 0 Å². The van der Waals surface area contributed by atoms with Crippen molar-refractivity contribution in [2.24, 2.45) is 5.14 Å². The van der Waals surface area contributed by atoms with Crippen LogP contribution in [0.2, 0.25) is 5.02 Å². The quantitative estimate of drug-likeness (QED) is 0.617. The number of primary sulfonamides is 1. The normalized spacial score (nSPS) is 14.0. The third-order valence-corrected chi connectivity index (χ3v) is 5.92. The highest BCUT2D eigenvalue weighted by Gasteiger charge is 2.29. The van der Waals surface area contributed by atoms with Gasteiger partial charge < -0.3 is 9.73 Å². The first-order chi connectivity index (χ1) is 13.8. The Kier molecular flexibility index (Phi) is 5.16. The van der Waals surface area contributed by atoms with E-state index in [4.69, 9.17) is 21.2 Å². The highest BCUT2D eigenvalue weighted by atomic mass is 35.5. The summed E-state index contributed by atoms with van der Waals surface area (Å²) >= 11 is 6.08. The third-order valence-electron chi connectivity index (χ3n) is 4.60. The molecule has 1 aromatic heterocycles. The van der Waals surface area contributed by atoms with Gasteiger partial charge in [-0.05, 0) is 42.7 Å². The summed E-state index contributed by atoms with van der Waals surface area (Å²) in [4.78, 5) is 16.4. The van der Waals surface area contributed by atoms with E-state index >= 15 is 0 Å². The molecule has 0 unspecified atom stereocenters. The minimum absolute atomic E-state index is 0.0545. The van der Waals surface area contributed by atoms with Gasteiger partial charge in [0.05, 0.1) is 17.5 Å². The second-order valence-electron chi connectivity index (χ2n) is 6.91. The molecular formula is C20H18ClN3O4S. The van der Waals surface area contributed by atoms with E-state index in [-0.39, 0.29) is 17.2 Å². The van der Waals surface area contributed by atoms with Crippen molar-refractivity contribution in [1.82, 2.24) is 4.98 Å². The van der Waals surface area contributed by atoms with Gasteiger partial charge in [-0.2, -0.15) is 0 Å². The maximum atomic E-state index is 12.4. The molecule has 29 heavy (non-hydrogen) atoms. The van der Waals surface area contributed by atoms with Crippen molar-refractivity contribution in [2.45, 2.75) is 30.1 Å². The summed E-state index contributed by atoms with van der Waals surface area (Å²) in [5.41, 5.74) is 1.27. The van der Waals surface area contributed by atoms with Crippen LogP contribution >= 0.6 is 11.6 Å². The summed E-state index contributed by atoms with van der Waals surface area (Å²) in [6, 6.07) is 11.5. The van der Waals surface area contributed by atoms with Crippen LogP contribution in [0, 0.1) is 0 Å². The Morgan fingerprint density at radius 1 is 1.24 bits per heavy atom. The highest BCUT2D eigenvalue weighted by Crippen LogP contribution is 2.41. The number of rotatable bonds is 6. The van der Waals surface area contributed by atoms with Gasteiger partial charge in [0.1, 0.15) is 0 Å². The molecule has 1 aliphatic carbocycles. The third kappa shape index (κ3) is 4.50. The van der Waals surface area contributed by atoms with E-state index in [0.717, 1.165) is 12.8 Å². The largest absolute Gasteiger partial charge is 0.440 e. The van der Waals surface area contributed by atoms with Crippen LogP contribution in [-0.2, 0) is 21.2 Å². The van der Waals surface area contributed by atoms with Crippen molar-refractivity contribution in [2.75, 3.05) is 5.32 Å². The van der Waals surface area contributed by atoms with E-state index in [9.17, 15) is 13.2 Å². The molecule has 0 radical (unpaired) electrons. The van der Waals surface area contributed by atoms with Gasteiger partial charge in [-0.25, -0.2) is 18.5 Å². The second-order valence-corrected chi connectivity index (χ2v) is 8.85. The Bertz CT molecular complexity index is 1190. The van der Waals surface area contributed by atoms with E-state index in [1.165, 1.54) is 12.3 Å². The van der Waals surface area contributed by atoms with Crippen molar-refractivity contribution in [3.8, 4) is 11.3 Å². The van der Waals surface area contributed by atoms with E-state index < -0.39 is 10.0 Å². The summed E-state index contributed by atoms with van der Waals surface area (Å²) < 4.78 is 30.0. The number of anilines is 1. The molecule has 0 aliphatic heterocycles. The van der Waals surface area contributed by atoms with Crippen LogP contribution in [0.3, 0.4) is 0 Å². The topological polar surface area (TPSA) is 115 Å². The fourth-order valence-corrected chi connectivity index (χ4v) is 3.96. The molecule has 150 valence electrons. The van der Waals surface area contributed by atoms with Crippen molar-refractivity contribution in [1.29, 1.82) is 0 Å². The van der Waals surface area contributed by atoms with E-state index in [1.807, 2.05) is 0 Å². The lowest BCUT2D eigenvalue weighted by Gasteiger charge is -2.10. The predicted molar refractivity (Wildman–Crippen MR) is 109 cm³/mol. The maximum absolute atomic E-state index is 12.4. The molecule has 3 aromatic rings. The zero-order valence-corrected chi connectivity index (χ0v) is 16.8. The SMILES string of the molecule is NS(=O)(=O)c1cc(NC(=O)Cc2ccccc2Cl)ccc1-c1cnc(C2CC2)o1. The van der Waals surface area contributed by atoms with Crippen LogP contribution in [-0.4, -0.2) is 19.3 Å². The first-order valence-electron chi connectivity index (χ1n) is 8.97. The van der Waals surface area contributed by atoms with Crippen molar-refractivity contribution >= 4 is 33.2 Å². The van der Waals surface area contributed by atoms with Gasteiger partial charge in [-0.3, -0.25) is 4.79 Å². The molecule has 1 aliphatic rings. The Hall–Kier alpha value is -2.68. The Balaban J connectivity index is 1.60. The molecule has 3 N–H and O–H groups in total. The smallest absolute Gasteiger partial charge is 0.238 e. The molecule has 4 rings (SSSR count). The molecule has 1 amide bonds. The van der Waals surface area contributed by atoms with E-state index in [2.05, 4.69) is 10.3 Å². The molecule has 0 bridgehead atoms. The number of nitrogens with one attached hydrogen (secondary N) is 1. The Morgan fingerprint density at radius 2 is 2.00 bits per heavy atom. The monoisotopic (exact) mass is 431 g/mol. The molecule has 0 atom stereocenters. The molecule has 0 spiro atoms. The Morgan fingerprint density at radius 3 is 2.69 bits per heavy atom. The van der Waals surface area contributed by atoms with Gasteiger partial charge in [0.2, 0.25) is 15.9 Å². The summed E-state index contributed by atoms with van der Waals surface area (Å²) in [7, 11) is -4.06. The first-order valence-corrected chi connectivity index (χ1v) is 10.9. The zero-order valence-electron chi connectivity index (χ0n) is 15.3. The standard InChI is InChI=1S/C20H18ClN3O4S/c21-16-4-2-1-3-13(16)9-19(25)24-14-7-8-15(18(10-14)29(22,26)27)17-11-23-20(28-17)12-5-6-12/h1-4,7-8,10-12H,5-6,9H2,(H,24,25)(H2,22,26,27). The van der Waals surface area contributed by atoms with Gasteiger partial charge in [-0.1, -0.05) is 29.8 Å². The van der Waals surface area contributed by atoms with Gasteiger partial charge in [0, 0.05) is 22.2 Å². The molecule has 1 fully saturated rings. The molecule has 1 heterocycles. The number of hydrogen-bond donors (Lipinski definition) is 2. The minimum atomic E-state index is -4.06. The summed E-state index contributed by atoms with van der Waals surface area (Å²) in [6.45, 7) is 0. The number of benzene rings is 2. The van der Waals surface area contributed by atoms with Gasteiger partial charge >= 0.3 is 0 Å². The molecule has 1 saturated carbocycles. The number of halogens is 1. The van der Waals surface area contributed by atoms with Crippen LogP contribution in [0.5, 0.6) is 0 Å². The molecule has 9 heteroatoms. The molecule has 7 nitrogen and oxygen atoms in total. The molecule has 0 saturated heterocycles. The first kappa shape index (κ1) is 19.6. The fourth-order valence-electron chi connectivity index (χ4n) is 2.99. The summed E-state index contributed by atoms with van der Waals surface area (Å²) in [5, 5.41) is 8.56. The number of nitrogens with two attached hydrogens (primary N) is 1. The van der Waals surface area contributed by atoms with Crippen LogP contribution in [0.1, 0.15) is 30.2 Å². The highest BCUT2D eigenvalue weighted by molar-refractivity contribution is 7.89. The number of oxazole rings is 1. The van der Waals surface area contributed by atoms with Crippen molar-refractivity contribution < 1.29 is 17.6 Å². The second kappa shape index (κ2) is 7.62.